The Kier molecular flexibility index (Phi) is 6.80. The molecule has 0 spiro atoms. The molecule has 0 aliphatic carbocycles. The summed E-state index contributed by atoms with van der Waals surface area (Å²) in [6.45, 7) is 0. The first-order valence-electron chi connectivity index (χ1n) is 8.39. The number of hydrogen-bond donors (Lipinski definition) is 0. The van der Waals surface area contributed by atoms with Crippen molar-refractivity contribution in [3.8, 4) is 17.2 Å². The number of hydrogen-bond acceptors (Lipinski definition) is 4. The predicted molar refractivity (Wildman–Crippen MR) is 117 cm³/mol. The van der Waals surface area contributed by atoms with E-state index < -0.39 is 9.84 Å². The lowest BCUT2D eigenvalue weighted by Crippen LogP contribution is -2.02. The first-order chi connectivity index (χ1) is 13.5. The van der Waals surface area contributed by atoms with E-state index in [4.69, 9.17) is 9.47 Å². The van der Waals surface area contributed by atoms with Crippen LogP contribution in [0.4, 0.5) is 0 Å². The second-order valence-electron chi connectivity index (χ2n) is 5.93. The molecule has 28 heavy (non-hydrogen) atoms. The molecule has 0 aliphatic heterocycles. The van der Waals surface area contributed by atoms with E-state index in [2.05, 4.69) is 31.9 Å². The van der Waals surface area contributed by atoms with Gasteiger partial charge in [-0.25, -0.2) is 8.42 Å². The van der Waals surface area contributed by atoms with Crippen LogP contribution in [-0.4, -0.2) is 15.5 Å². The molecule has 0 bridgehead atoms. The van der Waals surface area contributed by atoms with Gasteiger partial charge in [-0.3, -0.25) is 0 Å². The standard InChI is InChI=1S/C21H18Br2O4S/c1-26-17-5-9-19(10-6-17)28(24,25)20-11-7-18(8-12-20)27-21-15(13-22)3-2-4-16(21)14-23/h2-12H,13-14H2,1H3. The summed E-state index contributed by atoms with van der Waals surface area (Å²) in [5.41, 5.74) is 2.04. The highest BCUT2D eigenvalue weighted by molar-refractivity contribution is 9.08. The Morgan fingerprint density at radius 1 is 0.750 bits per heavy atom. The summed E-state index contributed by atoms with van der Waals surface area (Å²) in [6.07, 6.45) is 0. The van der Waals surface area contributed by atoms with Crippen molar-refractivity contribution in [2.24, 2.45) is 0 Å². The molecule has 3 aromatic carbocycles. The Hall–Kier alpha value is -1.83. The van der Waals surface area contributed by atoms with Gasteiger partial charge in [-0.15, -0.1) is 0 Å². The molecule has 0 N–H and O–H groups in total. The van der Waals surface area contributed by atoms with E-state index in [1.165, 1.54) is 19.2 Å². The molecule has 7 heteroatoms. The fourth-order valence-electron chi connectivity index (χ4n) is 2.68. The van der Waals surface area contributed by atoms with E-state index in [9.17, 15) is 8.42 Å². The van der Waals surface area contributed by atoms with E-state index >= 15 is 0 Å². The molecular formula is C21H18Br2O4S. The average Bonchev–Trinajstić information content (AvgIpc) is 2.74. The monoisotopic (exact) mass is 524 g/mol. The van der Waals surface area contributed by atoms with E-state index in [1.54, 1.807) is 36.4 Å². The molecule has 0 fully saturated rings. The van der Waals surface area contributed by atoms with Crippen molar-refractivity contribution in [3.63, 3.8) is 0 Å². The summed E-state index contributed by atoms with van der Waals surface area (Å²) in [4.78, 5) is 0.424. The fraction of sp³-hybridized carbons (Fsp3) is 0.143. The first kappa shape index (κ1) is 20.9. The van der Waals surface area contributed by atoms with Gasteiger partial charge in [0.2, 0.25) is 9.84 Å². The first-order valence-corrected chi connectivity index (χ1v) is 12.1. The van der Waals surface area contributed by atoms with E-state index in [-0.39, 0.29) is 9.79 Å². The molecule has 0 heterocycles. The highest BCUT2D eigenvalue weighted by Crippen LogP contribution is 2.33. The zero-order valence-corrected chi connectivity index (χ0v) is 19.1. The van der Waals surface area contributed by atoms with E-state index in [1.807, 2.05) is 18.2 Å². The molecule has 0 saturated carbocycles. The number of alkyl halides is 2. The van der Waals surface area contributed by atoms with E-state index in [0.29, 0.717) is 22.2 Å². The number of ether oxygens (including phenoxy) is 2. The molecule has 4 nitrogen and oxygen atoms in total. The maximum atomic E-state index is 12.8. The van der Waals surface area contributed by atoms with Gasteiger partial charge in [0.15, 0.2) is 0 Å². The average molecular weight is 526 g/mol. The van der Waals surface area contributed by atoms with Crippen LogP contribution < -0.4 is 9.47 Å². The third-order valence-corrected chi connectivity index (χ3v) is 7.18. The molecular weight excluding hydrogens is 508 g/mol. The molecule has 0 aliphatic rings. The van der Waals surface area contributed by atoms with Gasteiger partial charge in [0.25, 0.3) is 0 Å². The van der Waals surface area contributed by atoms with Crippen LogP contribution in [0.3, 0.4) is 0 Å². The lowest BCUT2D eigenvalue weighted by Gasteiger charge is -2.14. The van der Waals surface area contributed by atoms with Gasteiger partial charge >= 0.3 is 0 Å². The third-order valence-electron chi connectivity index (χ3n) is 4.19. The molecule has 3 aromatic rings. The Labute approximate surface area is 181 Å². The van der Waals surface area contributed by atoms with E-state index in [0.717, 1.165) is 16.9 Å². The van der Waals surface area contributed by atoms with Gasteiger partial charge in [0.05, 0.1) is 16.9 Å². The molecule has 0 saturated heterocycles. The van der Waals surface area contributed by atoms with Crippen LogP contribution in [-0.2, 0) is 20.5 Å². The highest BCUT2D eigenvalue weighted by Gasteiger charge is 2.18. The van der Waals surface area contributed by atoms with Crippen LogP contribution in [0, 0.1) is 0 Å². The third kappa shape index (κ3) is 4.42. The lowest BCUT2D eigenvalue weighted by molar-refractivity contribution is 0.414. The van der Waals surface area contributed by atoms with Crippen LogP contribution in [0.1, 0.15) is 11.1 Å². The van der Waals surface area contributed by atoms with Gasteiger partial charge < -0.3 is 9.47 Å². The van der Waals surface area contributed by atoms with Crippen molar-refractivity contribution >= 4 is 41.7 Å². The predicted octanol–water partition coefficient (Wildman–Crippen LogP) is 6.11. The van der Waals surface area contributed by atoms with Crippen molar-refractivity contribution in [1.29, 1.82) is 0 Å². The normalized spacial score (nSPS) is 11.2. The second-order valence-corrected chi connectivity index (χ2v) is 9.00. The van der Waals surface area contributed by atoms with Gasteiger partial charge in [-0.1, -0.05) is 50.1 Å². The Morgan fingerprint density at radius 3 is 1.64 bits per heavy atom. The molecule has 146 valence electrons. The summed E-state index contributed by atoms with van der Waals surface area (Å²) in [7, 11) is -2.07. The summed E-state index contributed by atoms with van der Waals surface area (Å²) < 4.78 is 36.8. The lowest BCUT2D eigenvalue weighted by atomic mass is 10.1. The topological polar surface area (TPSA) is 52.6 Å². The van der Waals surface area contributed by atoms with Crippen LogP contribution in [0.25, 0.3) is 0 Å². The maximum Gasteiger partial charge on any atom is 0.206 e. The molecule has 3 rings (SSSR count). The molecule has 0 unspecified atom stereocenters. The van der Waals surface area contributed by atoms with Gasteiger partial charge in [-0.2, -0.15) is 0 Å². The van der Waals surface area contributed by atoms with Crippen LogP contribution in [0.5, 0.6) is 17.2 Å². The van der Waals surface area contributed by atoms with Gasteiger partial charge in [0, 0.05) is 21.8 Å². The summed E-state index contributed by atoms with van der Waals surface area (Å²) in [6, 6.07) is 18.7. The second kappa shape index (κ2) is 9.11. The SMILES string of the molecule is COc1ccc(S(=O)(=O)c2ccc(Oc3c(CBr)cccc3CBr)cc2)cc1. The smallest absolute Gasteiger partial charge is 0.206 e. The van der Waals surface area contributed by atoms with Gasteiger partial charge in [-0.05, 0) is 48.5 Å². The largest absolute Gasteiger partial charge is 0.497 e. The molecule has 0 atom stereocenters. The number of benzene rings is 3. The van der Waals surface area contributed by atoms with Crippen molar-refractivity contribution in [2.45, 2.75) is 20.5 Å². The summed E-state index contributed by atoms with van der Waals surface area (Å²) >= 11 is 6.95. The minimum atomic E-state index is -3.61. The quantitative estimate of drug-likeness (QED) is 0.349. The Bertz CT molecular complexity index is 1020. The van der Waals surface area contributed by atoms with Crippen molar-refractivity contribution < 1.29 is 17.9 Å². The summed E-state index contributed by atoms with van der Waals surface area (Å²) in [5, 5.41) is 1.32. The zero-order chi connectivity index (χ0) is 20.1. The van der Waals surface area contributed by atoms with Crippen molar-refractivity contribution in [1.82, 2.24) is 0 Å². The fourth-order valence-corrected chi connectivity index (χ4v) is 4.82. The number of sulfone groups is 1. The van der Waals surface area contributed by atoms with Gasteiger partial charge in [0.1, 0.15) is 17.2 Å². The van der Waals surface area contributed by atoms with Crippen LogP contribution >= 0.6 is 31.9 Å². The number of rotatable bonds is 7. The number of halogens is 2. The van der Waals surface area contributed by atoms with Crippen LogP contribution in [0.2, 0.25) is 0 Å². The van der Waals surface area contributed by atoms with Crippen molar-refractivity contribution in [2.75, 3.05) is 7.11 Å². The molecule has 0 aromatic heterocycles. The van der Waals surface area contributed by atoms with Crippen molar-refractivity contribution in [3.05, 3.63) is 77.9 Å². The molecule has 0 radical (unpaired) electrons. The Morgan fingerprint density at radius 2 is 1.21 bits per heavy atom. The Balaban J connectivity index is 1.88. The number of para-hydroxylation sites is 1. The maximum absolute atomic E-state index is 12.8. The molecule has 0 amide bonds. The zero-order valence-electron chi connectivity index (χ0n) is 15.1. The minimum absolute atomic E-state index is 0.208. The minimum Gasteiger partial charge on any atom is -0.497 e. The van der Waals surface area contributed by atoms with Crippen LogP contribution in [0.15, 0.2) is 76.5 Å². The summed E-state index contributed by atoms with van der Waals surface area (Å²) in [5.74, 6) is 1.95. The highest BCUT2D eigenvalue weighted by atomic mass is 79.9. The number of methoxy groups -OCH3 is 1.